The van der Waals surface area contributed by atoms with Gasteiger partial charge in [0, 0.05) is 5.56 Å². The number of hydrogen-bond acceptors (Lipinski definition) is 3. The Balaban J connectivity index is 0.000000741. The molecule has 0 saturated heterocycles. The topological polar surface area (TPSA) is 56.0 Å². The van der Waals surface area contributed by atoms with E-state index in [1.54, 1.807) is 13.8 Å². The Hall–Kier alpha value is -1.00. The number of rotatable bonds is 1. The van der Waals surface area contributed by atoms with Gasteiger partial charge >= 0.3 is 0 Å². The van der Waals surface area contributed by atoms with Gasteiger partial charge in [-0.3, -0.25) is 0 Å². The lowest BCUT2D eigenvalue weighted by Gasteiger charge is -2.18. The molecule has 0 amide bonds. The molecule has 19 heavy (non-hydrogen) atoms. The lowest BCUT2D eigenvalue weighted by atomic mass is 9.85. The summed E-state index contributed by atoms with van der Waals surface area (Å²) in [6.07, 6.45) is 2.03. The average molecular weight is 289 g/mol. The van der Waals surface area contributed by atoms with Gasteiger partial charge in [0.2, 0.25) is 0 Å². The zero-order chi connectivity index (χ0) is 15.2. The Morgan fingerprint density at radius 3 is 2.42 bits per heavy atom. The molecule has 0 spiro atoms. The van der Waals surface area contributed by atoms with Crippen LogP contribution in [-0.4, -0.2) is 18.3 Å². The van der Waals surface area contributed by atoms with E-state index in [1.807, 2.05) is 13.8 Å². The van der Waals surface area contributed by atoms with Gasteiger partial charge in [0.25, 0.3) is 0 Å². The Labute approximate surface area is 119 Å². The minimum atomic E-state index is -0.739. The molecule has 1 aliphatic carbocycles. The smallest absolute Gasteiger partial charge is 0.148 e. The van der Waals surface area contributed by atoms with Crippen LogP contribution >= 0.6 is 11.6 Å². The van der Waals surface area contributed by atoms with Crippen LogP contribution in [0, 0.1) is 12.7 Å². The molecule has 0 aromatic carbocycles. The van der Waals surface area contributed by atoms with Gasteiger partial charge < -0.3 is 10.5 Å². The number of aromatic nitrogens is 1. The van der Waals surface area contributed by atoms with E-state index < -0.39 is 5.41 Å². The van der Waals surface area contributed by atoms with Crippen molar-refractivity contribution in [2.24, 2.45) is 5.73 Å². The molecule has 1 heterocycles. The Kier molecular flexibility index (Phi) is 7.16. The molecule has 2 rings (SSSR count). The second-order valence-electron chi connectivity index (χ2n) is 4.19. The molecule has 2 N–H and O–H groups in total. The zero-order valence-corrected chi connectivity index (χ0v) is 12.9. The summed E-state index contributed by atoms with van der Waals surface area (Å²) in [6, 6.07) is 0. The molecule has 0 saturated carbocycles. The maximum absolute atomic E-state index is 13.9. The molecule has 1 aliphatic rings. The monoisotopic (exact) mass is 288 g/mol. The number of carbonyl (C=O) groups excluding carboxylic acids is 1. The third kappa shape index (κ3) is 3.31. The predicted octanol–water partition coefficient (Wildman–Crippen LogP) is 3.19. The molecule has 108 valence electrons. The summed E-state index contributed by atoms with van der Waals surface area (Å²) in [6.45, 7) is 7.30. The molecule has 0 bridgehead atoms. The van der Waals surface area contributed by atoms with E-state index in [1.165, 1.54) is 7.05 Å². The van der Waals surface area contributed by atoms with E-state index >= 15 is 0 Å². The van der Waals surface area contributed by atoms with Crippen LogP contribution in [0.5, 0.6) is 0 Å². The SMILES string of the molecule is CC.CN.Cc1nc(Cl)c2c(c1F)C(C)(C=O)CC2. The average Bonchev–Trinajstić information content (AvgIpc) is 2.80. The van der Waals surface area contributed by atoms with Crippen molar-refractivity contribution in [3.63, 3.8) is 0 Å². The van der Waals surface area contributed by atoms with Crippen molar-refractivity contribution >= 4 is 17.9 Å². The van der Waals surface area contributed by atoms with E-state index in [0.717, 1.165) is 6.29 Å². The van der Waals surface area contributed by atoms with E-state index in [0.29, 0.717) is 29.1 Å². The molecule has 1 atom stereocenters. The van der Waals surface area contributed by atoms with Crippen molar-refractivity contribution in [2.75, 3.05) is 7.05 Å². The van der Waals surface area contributed by atoms with Crippen LogP contribution in [0.4, 0.5) is 4.39 Å². The van der Waals surface area contributed by atoms with Crippen LogP contribution in [0.3, 0.4) is 0 Å². The van der Waals surface area contributed by atoms with E-state index in [2.05, 4.69) is 10.7 Å². The molecule has 3 nitrogen and oxygen atoms in total. The molecular weight excluding hydrogens is 267 g/mol. The van der Waals surface area contributed by atoms with Gasteiger partial charge in [-0.25, -0.2) is 9.37 Å². The highest BCUT2D eigenvalue weighted by Crippen LogP contribution is 2.41. The van der Waals surface area contributed by atoms with E-state index in [4.69, 9.17) is 11.6 Å². The van der Waals surface area contributed by atoms with Crippen molar-refractivity contribution in [3.8, 4) is 0 Å². The van der Waals surface area contributed by atoms with E-state index in [-0.39, 0.29) is 11.5 Å². The first-order valence-corrected chi connectivity index (χ1v) is 6.76. The van der Waals surface area contributed by atoms with Crippen molar-refractivity contribution in [2.45, 2.75) is 46.0 Å². The molecule has 5 heteroatoms. The van der Waals surface area contributed by atoms with Gasteiger partial charge in [0.05, 0.1) is 11.1 Å². The molecule has 0 radical (unpaired) electrons. The minimum absolute atomic E-state index is 0.258. The van der Waals surface area contributed by atoms with Gasteiger partial charge in [-0.15, -0.1) is 0 Å². The molecule has 0 aliphatic heterocycles. The highest BCUT2D eigenvalue weighted by Gasteiger charge is 2.39. The summed E-state index contributed by atoms with van der Waals surface area (Å²) in [7, 11) is 1.50. The van der Waals surface area contributed by atoms with Crippen molar-refractivity contribution in [1.29, 1.82) is 0 Å². The van der Waals surface area contributed by atoms with Crippen LogP contribution in [0.15, 0.2) is 0 Å². The quantitative estimate of drug-likeness (QED) is 0.638. The fraction of sp³-hybridized carbons (Fsp3) is 0.571. The highest BCUT2D eigenvalue weighted by molar-refractivity contribution is 6.30. The van der Waals surface area contributed by atoms with Crippen molar-refractivity contribution < 1.29 is 9.18 Å². The summed E-state index contributed by atoms with van der Waals surface area (Å²) >= 11 is 5.94. The van der Waals surface area contributed by atoms with E-state index in [9.17, 15) is 9.18 Å². The minimum Gasteiger partial charge on any atom is -0.333 e. The molecule has 1 aromatic heterocycles. The van der Waals surface area contributed by atoms with Crippen LogP contribution < -0.4 is 5.73 Å². The molecular formula is C14H22ClFN2O. The molecule has 0 fully saturated rings. The molecule has 1 aromatic rings. The Morgan fingerprint density at radius 2 is 1.95 bits per heavy atom. The van der Waals surface area contributed by atoms with Crippen LogP contribution in [0.25, 0.3) is 0 Å². The number of fused-ring (bicyclic) bond motifs is 1. The van der Waals surface area contributed by atoms with Crippen molar-refractivity contribution in [1.82, 2.24) is 4.98 Å². The van der Waals surface area contributed by atoms with Crippen LogP contribution in [0.1, 0.15) is 44.0 Å². The maximum atomic E-state index is 13.9. The highest BCUT2D eigenvalue weighted by atomic mass is 35.5. The molecule has 1 unspecified atom stereocenters. The predicted molar refractivity (Wildman–Crippen MR) is 77.1 cm³/mol. The summed E-state index contributed by atoms with van der Waals surface area (Å²) < 4.78 is 13.9. The summed E-state index contributed by atoms with van der Waals surface area (Å²) in [5.74, 6) is -0.387. The van der Waals surface area contributed by atoms with Crippen molar-refractivity contribution in [3.05, 3.63) is 27.8 Å². The second-order valence-corrected chi connectivity index (χ2v) is 4.55. The maximum Gasteiger partial charge on any atom is 0.148 e. The number of aldehydes is 1. The largest absolute Gasteiger partial charge is 0.333 e. The Bertz CT molecular complexity index is 452. The summed E-state index contributed by atoms with van der Waals surface area (Å²) in [5.41, 5.74) is 5.15. The van der Waals surface area contributed by atoms with Crippen LogP contribution in [0.2, 0.25) is 5.15 Å². The first-order chi connectivity index (χ1) is 8.99. The number of carbonyl (C=O) groups is 1. The number of halogens is 2. The fourth-order valence-electron chi connectivity index (χ4n) is 2.13. The van der Waals surface area contributed by atoms with Gasteiger partial charge in [-0.05, 0) is 39.3 Å². The van der Waals surface area contributed by atoms with Gasteiger partial charge in [-0.2, -0.15) is 0 Å². The van der Waals surface area contributed by atoms with Gasteiger partial charge in [0.15, 0.2) is 0 Å². The number of aryl methyl sites for hydroxylation is 1. The fourth-order valence-corrected chi connectivity index (χ4v) is 2.45. The van der Waals surface area contributed by atoms with Gasteiger partial charge in [0.1, 0.15) is 17.3 Å². The number of nitrogens with two attached hydrogens (primary N) is 1. The Morgan fingerprint density at radius 1 is 1.42 bits per heavy atom. The second kappa shape index (κ2) is 7.56. The first kappa shape index (κ1) is 18.0. The third-order valence-electron chi connectivity index (χ3n) is 3.08. The third-order valence-corrected chi connectivity index (χ3v) is 3.39. The standard InChI is InChI=1S/C11H11ClFNO.C2H6.CH5N/c1-6-9(13)8-7(10(12)14-6)3-4-11(8,2)5-15;2*1-2/h5H,3-4H2,1-2H3;1-2H3;2H2,1H3. The number of pyridine rings is 1. The summed E-state index contributed by atoms with van der Waals surface area (Å²) in [5, 5.41) is 0.328. The number of hydrogen-bond donors (Lipinski definition) is 1. The summed E-state index contributed by atoms with van der Waals surface area (Å²) in [4.78, 5) is 15.0. The number of nitrogens with zero attached hydrogens (tertiary/aromatic N) is 1. The normalized spacial score (nSPS) is 19.6. The van der Waals surface area contributed by atoms with Crippen LogP contribution in [-0.2, 0) is 16.6 Å². The van der Waals surface area contributed by atoms with Gasteiger partial charge in [-0.1, -0.05) is 25.4 Å². The lowest BCUT2D eigenvalue weighted by Crippen LogP contribution is -2.22. The lowest BCUT2D eigenvalue weighted by molar-refractivity contribution is -0.112. The first-order valence-electron chi connectivity index (χ1n) is 6.38. The zero-order valence-electron chi connectivity index (χ0n) is 12.2.